The number of morpholine rings is 1. The van der Waals surface area contributed by atoms with Gasteiger partial charge in [-0.15, -0.1) is 11.3 Å². The van der Waals surface area contributed by atoms with Crippen molar-refractivity contribution in [2.75, 3.05) is 32.8 Å². The quantitative estimate of drug-likeness (QED) is 0.811. The van der Waals surface area contributed by atoms with Gasteiger partial charge in [-0.3, -0.25) is 4.90 Å². The average Bonchev–Trinajstić information content (AvgIpc) is 3.05. The van der Waals surface area contributed by atoms with Crippen LogP contribution in [-0.2, 0) is 4.74 Å². The van der Waals surface area contributed by atoms with Crippen molar-refractivity contribution in [1.82, 2.24) is 9.88 Å². The fraction of sp³-hybridized carbons (Fsp3) is 0.400. The van der Waals surface area contributed by atoms with Gasteiger partial charge in [-0.1, -0.05) is 23.2 Å². The molecule has 2 heterocycles. The molecule has 1 atom stereocenters. The monoisotopic (exact) mass is 358 g/mol. The molecule has 0 bridgehead atoms. The number of benzene rings is 1. The first-order valence-electron chi connectivity index (χ1n) is 7.03. The van der Waals surface area contributed by atoms with Gasteiger partial charge in [-0.05, 0) is 12.1 Å². The Morgan fingerprint density at radius 2 is 2.32 bits per heavy atom. The summed E-state index contributed by atoms with van der Waals surface area (Å²) in [5.41, 5.74) is 0. The second-order valence-electron chi connectivity index (χ2n) is 4.95. The van der Waals surface area contributed by atoms with E-state index in [1.54, 1.807) is 29.5 Å². The van der Waals surface area contributed by atoms with Crippen molar-refractivity contribution >= 4 is 34.5 Å². The summed E-state index contributed by atoms with van der Waals surface area (Å²) in [6.45, 7) is 3.82. The molecular weight excluding hydrogens is 343 g/mol. The van der Waals surface area contributed by atoms with E-state index in [0.717, 1.165) is 24.6 Å². The Labute approximate surface area is 143 Å². The fourth-order valence-electron chi connectivity index (χ4n) is 2.32. The summed E-state index contributed by atoms with van der Waals surface area (Å²) in [4.78, 5) is 6.64. The molecule has 1 unspecified atom stereocenters. The van der Waals surface area contributed by atoms with Crippen LogP contribution < -0.4 is 4.74 Å². The van der Waals surface area contributed by atoms with Crippen molar-refractivity contribution in [2.45, 2.75) is 6.10 Å². The second-order valence-corrected chi connectivity index (χ2v) is 6.72. The Bertz CT molecular complexity index is 610. The SMILES string of the molecule is Clc1ccc(Cl)c(OCCN2CCOC(c3nccs3)C2)c1. The van der Waals surface area contributed by atoms with Gasteiger partial charge in [0.15, 0.2) is 0 Å². The van der Waals surface area contributed by atoms with Crippen molar-refractivity contribution in [1.29, 1.82) is 0 Å². The zero-order valence-electron chi connectivity index (χ0n) is 11.9. The van der Waals surface area contributed by atoms with Crippen LogP contribution in [0.25, 0.3) is 0 Å². The molecule has 0 aliphatic carbocycles. The molecule has 4 nitrogen and oxygen atoms in total. The maximum atomic E-state index is 6.08. The molecular formula is C15H16Cl2N2O2S. The molecule has 3 rings (SSSR count). The predicted molar refractivity (Wildman–Crippen MR) is 89.2 cm³/mol. The lowest BCUT2D eigenvalue weighted by Gasteiger charge is -2.31. The first kappa shape index (κ1) is 16.0. The lowest BCUT2D eigenvalue weighted by molar-refractivity contribution is -0.0329. The molecule has 0 N–H and O–H groups in total. The number of hydrogen-bond donors (Lipinski definition) is 0. The zero-order valence-corrected chi connectivity index (χ0v) is 14.2. The van der Waals surface area contributed by atoms with Gasteiger partial charge in [0.2, 0.25) is 0 Å². The van der Waals surface area contributed by atoms with Gasteiger partial charge >= 0.3 is 0 Å². The highest BCUT2D eigenvalue weighted by Gasteiger charge is 2.23. The number of ether oxygens (including phenoxy) is 2. The highest BCUT2D eigenvalue weighted by Crippen LogP contribution is 2.28. The molecule has 7 heteroatoms. The molecule has 1 saturated heterocycles. The lowest BCUT2D eigenvalue weighted by Crippen LogP contribution is -2.40. The topological polar surface area (TPSA) is 34.6 Å². The highest BCUT2D eigenvalue weighted by molar-refractivity contribution is 7.09. The summed E-state index contributed by atoms with van der Waals surface area (Å²) in [6.07, 6.45) is 1.87. The molecule has 1 fully saturated rings. The van der Waals surface area contributed by atoms with E-state index in [0.29, 0.717) is 29.0 Å². The number of thiazole rings is 1. The van der Waals surface area contributed by atoms with E-state index in [4.69, 9.17) is 32.7 Å². The van der Waals surface area contributed by atoms with Crippen molar-refractivity contribution in [3.05, 3.63) is 44.8 Å². The van der Waals surface area contributed by atoms with Gasteiger partial charge < -0.3 is 9.47 Å². The third-order valence-electron chi connectivity index (χ3n) is 3.44. The molecule has 118 valence electrons. The maximum Gasteiger partial charge on any atom is 0.139 e. The number of nitrogens with zero attached hydrogens (tertiary/aromatic N) is 2. The minimum atomic E-state index is 0.0588. The van der Waals surface area contributed by atoms with Crippen molar-refractivity contribution < 1.29 is 9.47 Å². The summed E-state index contributed by atoms with van der Waals surface area (Å²) < 4.78 is 11.5. The molecule has 0 amide bonds. The third kappa shape index (κ3) is 4.12. The highest BCUT2D eigenvalue weighted by atomic mass is 35.5. The van der Waals surface area contributed by atoms with E-state index in [2.05, 4.69) is 9.88 Å². The van der Waals surface area contributed by atoms with Crippen molar-refractivity contribution in [2.24, 2.45) is 0 Å². The normalized spacial score (nSPS) is 19.3. The van der Waals surface area contributed by atoms with Gasteiger partial charge in [-0.2, -0.15) is 0 Å². The van der Waals surface area contributed by atoms with Crippen molar-refractivity contribution in [3.63, 3.8) is 0 Å². The van der Waals surface area contributed by atoms with Crippen LogP contribution in [0.4, 0.5) is 0 Å². The van der Waals surface area contributed by atoms with Crippen LogP contribution in [0.1, 0.15) is 11.1 Å². The van der Waals surface area contributed by atoms with Crippen LogP contribution in [0, 0.1) is 0 Å². The number of halogens is 2. The van der Waals surface area contributed by atoms with E-state index < -0.39 is 0 Å². The first-order valence-corrected chi connectivity index (χ1v) is 8.67. The summed E-state index contributed by atoms with van der Waals surface area (Å²) in [6, 6.07) is 5.23. The summed E-state index contributed by atoms with van der Waals surface area (Å²) in [7, 11) is 0. The lowest BCUT2D eigenvalue weighted by atomic mass is 10.3. The van der Waals surface area contributed by atoms with E-state index >= 15 is 0 Å². The van der Waals surface area contributed by atoms with Gasteiger partial charge in [0.25, 0.3) is 0 Å². The van der Waals surface area contributed by atoms with Gasteiger partial charge in [-0.25, -0.2) is 4.98 Å². The third-order valence-corrected chi connectivity index (χ3v) is 4.85. The van der Waals surface area contributed by atoms with Crippen LogP contribution in [0.15, 0.2) is 29.8 Å². The largest absolute Gasteiger partial charge is 0.491 e. The standard InChI is InChI=1S/C15H16Cl2N2O2S/c16-11-1-2-12(17)13(9-11)20-6-4-19-5-7-21-14(10-19)15-18-3-8-22-15/h1-3,8-9,14H,4-7,10H2. The fourth-order valence-corrected chi connectivity index (χ4v) is 3.33. The zero-order chi connectivity index (χ0) is 15.4. The number of rotatable bonds is 5. The van der Waals surface area contributed by atoms with Crippen LogP contribution in [-0.4, -0.2) is 42.7 Å². The number of hydrogen-bond acceptors (Lipinski definition) is 5. The van der Waals surface area contributed by atoms with Gasteiger partial charge in [0.05, 0.1) is 11.6 Å². The Hall–Kier alpha value is -0.850. The van der Waals surface area contributed by atoms with E-state index in [1.807, 2.05) is 11.6 Å². The van der Waals surface area contributed by atoms with Crippen LogP contribution in [0.2, 0.25) is 10.0 Å². The number of aromatic nitrogens is 1. The molecule has 1 aromatic carbocycles. The minimum absolute atomic E-state index is 0.0588. The van der Waals surface area contributed by atoms with E-state index in [1.165, 1.54) is 0 Å². The average molecular weight is 359 g/mol. The molecule has 22 heavy (non-hydrogen) atoms. The summed E-state index contributed by atoms with van der Waals surface area (Å²) in [5, 5.41) is 4.20. The summed E-state index contributed by atoms with van der Waals surface area (Å²) in [5.74, 6) is 0.624. The molecule has 0 radical (unpaired) electrons. The predicted octanol–water partition coefficient (Wildman–Crippen LogP) is 3.90. The molecule has 1 aliphatic rings. The van der Waals surface area contributed by atoms with Gasteiger partial charge in [0, 0.05) is 42.3 Å². The Balaban J connectivity index is 1.50. The first-order chi connectivity index (χ1) is 10.7. The maximum absolute atomic E-state index is 6.08. The Morgan fingerprint density at radius 1 is 1.41 bits per heavy atom. The Morgan fingerprint density at radius 3 is 3.14 bits per heavy atom. The molecule has 0 spiro atoms. The molecule has 0 saturated carbocycles. The Kier molecular flexibility index (Phi) is 5.55. The van der Waals surface area contributed by atoms with Crippen LogP contribution >= 0.6 is 34.5 Å². The molecule has 1 aromatic heterocycles. The van der Waals surface area contributed by atoms with Crippen molar-refractivity contribution in [3.8, 4) is 5.75 Å². The van der Waals surface area contributed by atoms with Crippen LogP contribution in [0.3, 0.4) is 0 Å². The smallest absolute Gasteiger partial charge is 0.139 e. The second kappa shape index (κ2) is 7.62. The molecule has 2 aromatic rings. The van der Waals surface area contributed by atoms with Crippen LogP contribution in [0.5, 0.6) is 5.75 Å². The summed E-state index contributed by atoms with van der Waals surface area (Å²) >= 11 is 13.7. The van der Waals surface area contributed by atoms with E-state index in [9.17, 15) is 0 Å². The molecule has 1 aliphatic heterocycles. The minimum Gasteiger partial charge on any atom is -0.491 e. The van der Waals surface area contributed by atoms with Gasteiger partial charge in [0.1, 0.15) is 23.5 Å². The van der Waals surface area contributed by atoms with E-state index in [-0.39, 0.29) is 6.10 Å².